The summed E-state index contributed by atoms with van der Waals surface area (Å²) in [6.45, 7) is 0.649. The van der Waals surface area contributed by atoms with Crippen LogP contribution >= 0.6 is 23.2 Å². The first kappa shape index (κ1) is 10.7. The van der Waals surface area contributed by atoms with Crippen molar-refractivity contribution in [2.45, 2.75) is 19.4 Å². The van der Waals surface area contributed by atoms with Crippen LogP contribution in [0.3, 0.4) is 0 Å². The van der Waals surface area contributed by atoms with Gasteiger partial charge >= 0.3 is 0 Å². The molecular weight excluding hydrogens is 235 g/mol. The summed E-state index contributed by atoms with van der Waals surface area (Å²) in [4.78, 5) is 15.5. The van der Waals surface area contributed by atoms with Gasteiger partial charge in [-0.3, -0.25) is 9.36 Å². The van der Waals surface area contributed by atoms with Crippen molar-refractivity contribution < 1.29 is 0 Å². The fraction of sp³-hybridized carbons (Fsp3) is 0.400. The largest absolute Gasteiger partial charge is 0.298 e. The van der Waals surface area contributed by atoms with Gasteiger partial charge in [0.2, 0.25) is 0 Å². The predicted molar refractivity (Wildman–Crippen MR) is 60.4 cm³/mol. The number of nitrogens with zero attached hydrogens (tertiary/aromatic N) is 2. The van der Waals surface area contributed by atoms with Crippen molar-refractivity contribution in [2.75, 3.05) is 0 Å². The van der Waals surface area contributed by atoms with Gasteiger partial charge in [-0.2, -0.15) is 0 Å². The third kappa shape index (κ3) is 2.24. The molecule has 1 heterocycles. The van der Waals surface area contributed by atoms with Gasteiger partial charge in [-0.05, 0) is 18.8 Å². The molecule has 0 spiro atoms. The minimum atomic E-state index is -0.261. The summed E-state index contributed by atoms with van der Waals surface area (Å²) < 4.78 is 1.52. The van der Waals surface area contributed by atoms with Crippen LogP contribution in [0, 0.1) is 5.92 Å². The molecule has 0 N–H and O–H groups in total. The Labute approximate surface area is 97.3 Å². The maximum absolute atomic E-state index is 11.7. The van der Waals surface area contributed by atoms with Crippen molar-refractivity contribution in [3.05, 3.63) is 39.0 Å². The lowest BCUT2D eigenvalue weighted by Gasteiger charge is -2.11. The van der Waals surface area contributed by atoms with Crippen LogP contribution in [0.4, 0.5) is 0 Å². The highest BCUT2D eigenvalue weighted by atomic mass is 35.5. The zero-order valence-electron chi connectivity index (χ0n) is 7.99. The van der Waals surface area contributed by atoms with Gasteiger partial charge in [-0.25, -0.2) is 4.98 Å². The molecule has 1 aliphatic rings. The van der Waals surface area contributed by atoms with Gasteiger partial charge in [-0.15, -0.1) is 0 Å². The number of hydrogen-bond acceptors (Lipinski definition) is 2. The standard InChI is InChI=1S/C10H10Cl2N2O/c11-8-9(12)13-6-14(10(8)15)5-7-3-1-2-4-7/h1-2,6-7H,3-5H2. The van der Waals surface area contributed by atoms with Crippen molar-refractivity contribution in [1.29, 1.82) is 0 Å². The van der Waals surface area contributed by atoms with E-state index in [1.54, 1.807) is 0 Å². The average Bonchev–Trinajstić information content (AvgIpc) is 2.72. The Kier molecular flexibility index (Phi) is 3.12. The van der Waals surface area contributed by atoms with Crippen LogP contribution in [0.2, 0.25) is 10.2 Å². The van der Waals surface area contributed by atoms with Crippen LogP contribution in [0.15, 0.2) is 23.3 Å². The quantitative estimate of drug-likeness (QED) is 0.592. The van der Waals surface area contributed by atoms with Gasteiger partial charge in [-0.1, -0.05) is 35.4 Å². The number of halogens is 2. The molecule has 0 radical (unpaired) electrons. The summed E-state index contributed by atoms with van der Waals surface area (Å²) in [6.07, 6.45) is 7.72. The molecule has 5 heteroatoms. The topological polar surface area (TPSA) is 34.9 Å². The summed E-state index contributed by atoms with van der Waals surface area (Å²) in [7, 11) is 0. The minimum absolute atomic E-state index is 0.00474. The zero-order valence-corrected chi connectivity index (χ0v) is 9.50. The summed E-state index contributed by atoms with van der Waals surface area (Å²) in [5.41, 5.74) is -0.261. The normalized spacial score (nSPS) is 16.1. The van der Waals surface area contributed by atoms with E-state index in [1.165, 1.54) is 10.9 Å². The molecule has 0 fully saturated rings. The van der Waals surface area contributed by atoms with E-state index in [-0.39, 0.29) is 15.7 Å². The van der Waals surface area contributed by atoms with Crippen molar-refractivity contribution >= 4 is 23.2 Å². The first-order valence-corrected chi connectivity index (χ1v) is 5.49. The highest BCUT2D eigenvalue weighted by Crippen LogP contribution is 2.19. The Hall–Kier alpha value is -0.800. The fourth-order valence-electron chi connectivity index (χ4n) is 1.67. The summed E-state index contributed by atoms with van der Waals surface area (Å²) in [6, 6.07) is 0. The second-order valence-electron chi connectivity index (χ2n) is 3.62. The number of allylic oxidation sites excluding steroid dienone is 2. The maximum atomic E-state index is 11.7. The van der Waals surface area contributed by atoms with Gasteiger partial charge in [0.25, 0.3) is 5.56 Å². The predicted octanol–water partition coefficient (Wildman–Crippen LogP) is 2.52. The third-order valence-corrected chi connectivity index (χ3v) is 3.22. The second-order valence-corrected chi connectivity index (χ2v) is 4.35. The Morgan fingerprint density at radius 1 is 1.40 bits per heavy atom. The van der Waals surface area contributed by atoms with Crippen LogP contribution in [0.25, 0.3) is 0 Å². The van der Waals surface area contributed by atoms with Gasteiger partial charge in [0, 0.05) is 6.54 Å². The molecule has 0 saturated carbocycles. The summed E-state index contributed by atoms with van der Waals surface area (Å²) in [5, 5.41) is 0.0765. The van der Waals surface area contributed by atoms with E-state index >= 15 is 0 Å². The Morgan fingerprint density at radius 3 is 2.73 bits per heavy atom. The van der Waals surface area contributed by atoms with Crippen molar-refractivity contribution in [1.82, 2.24) is 9.55 Å². The maximum Gasteiger partial charge on any atom is 0.273 e. The molecule has 0 aliphatic heterocycles. The Morgan fingerprint density at radius 2 is 2.07 bits per heavy atom. The van der Waals surface area contributed by atoms with E-state index in [2.05, 4.69) is 17.1 Å². The highest BCUT2D eigenvalue weighted by molar-refractivity contribution is 6.40. The molecule has 1 aromatic rings. The SMILES string of the molecule is O=c1c(Cl)c(Cl)ncn1CC1CC=CC1. The lowest BCUT2D eigenvalue weighted by molar-refractivity contribution is 0.458. The average molecular weight is 245 g/mol. The van der Waals surface area contributed by atoms with Crippen LogP contribution in [-0.2, 0) is 6.54 Å². The van der Waals surface area contributed by atoms with Gasteiger partial charge in [0.15, 0.2) is 5.15 Å². The number of aromatic nitrogens is 2. The third-order valence-electron chi connectivity index (χ3n) is 2.50. The van der Waals surface area contributed by atoms with Crippen LogP contribution in [0.1, 0.15) is 12.8 Å². The number of rotatable bonds is 2. The lowest BCUT2D eigenvalue weighted by Crippen LogP contribution is -2.24. The number of hydrogen-bond donors (Lipinski definition) is 0. The molecule has 2 rings (SSSR count). The molecule has 0 bridgehead atoms. The van der Waals surface area contributed by atoms with E-state index in [0.717, 1.165) is 12.8 Å². The monoisotopic (exact) mass is 244 g/mol. The summed E-state index contributed by atoms with van der Waals surface area (Å²) in [5.74, 6) is 0.474. The van der Waals surface area contributed by atoms with E-state index < -0.39 is 0 Å². The van der Waals surface area contributed by atoms with E-state index in [0.29, 0.717) is 12.5 Å². The minimum Gasteiger partial charge on any atom is -0.298 e. The van der Waals surface area contributed by atoms with Crippen molar-refractivity contribution in [2.24, 2.45) is 5.92 Å². The van der Waals surface area contributed by atoms with Crippen molar-refractivity contribution in [3.63, 3.8) is 0 Å². The first-order valence-electron chi connectivity index (χ1n) is 4.74. The van der Waals surface area contributed by atoms with Crippen LogP contribution in [0.5, 0.6) is 0 Å². The van der Waals surface area contributed by atoms with Gasteiger partial charge < -0.3 is 0 Å². The van der Waals surface area contributed by atoms with Gasteiger partial charge in [0.1, 0.15) is 5.02 Å². The van der Waals surface area contributed by atoms with E-state index in [4.69, 9.17) is 23.2 Å². The molecule has 15 heavy (non-hydrogen) atoms. The molecule has 0 aromatic carbocycles. The van der Waals surface area contributed by atoms with Crippen LogP contribution < -0.4 is 5.56 Å². The fourth-order valence-corrected chi connectivity index (χ4v) is 1.96. The van der Waals surface area contributed by atoms with Crippen LogP contribution in [-0.4, -0.2) is 9.55 Å². The summed E-state index contributed by atoms with van der Waals surface area (Å²) >= 11 is 11.4. The molecule has 0 saturated heterocycles. The Bertz CT molecular complexity index is 445. The van der Waals surface area contributed by atoms with E-state index in [1.807, 2.05) is 0 Å². The molecule has 0 atom stereocenters. The van der Waals surface area contributed by atoms with Crippen molar-refractivity contribution in [3.8, 4) is 0 Å². The zero-order chi connectivity index (χ0) is 10.8. The first-order chi connectivity index (χ1) is 7.18. The molecule has 0 unspecified atom stereocenters. The second kappa shape index (κ2) is 4.37. The Balaban J connectivity index is 2.22. The molecule has 1 aliphatic carbocycles. The molecule has 0 amide bonds. The van der Waals surface area contributed by atoms with Gasteiger partial charge in [0.05, 0.1) is 6.33 Å². The molecular formula is C10H10Cl2N2O. The highest BCUT2D eigenvalue weighted by Gasteiger charge is 2.14. The molecule has 1 aromatic heterocycles. The smallest absolute Gasteiger partial charge is 0.273 e. The molecule has 80 valence electrons. The van der Waals surface area contributed by atoms with E-state index in [9.17, 15) is 4.79 Å². The molecule has 3 nitrogen and oxygen atoms in total. The lowest BCUT2D eigenvalue weighted by atomic mass is 10.1.